The van der Waals surface area contributed by atoms with Crippen LogP contribution in [0.2, 0.25) is 5.02 Å². The molecule has 0 aliphatic carbocycles. The molecule has 0 N–H and O–H groups in total. The maximum absolute atomic E-state index is 13.1. The van der Waals surface area contributed by atoms with Crippen LogP contribution < -0.4 is 5.56 Å². The Hall–Kier alpha value is -3.77. The summed E-state index contributed by atoms with van der Waals surface area (Å²) in [6.07, 6.45) is 3.30. The van der Waals surface area contributed by atoms with Crippen molar-refractivity contribution in [1.82, 2.24) is 24.3 Å². The smallest absolute Gasteiger partial charge is 0.266 e. The third-order valence-corrected chi connectivity index (χ3v) is 4.82. The summed E-state index contributed by atoms with van der Waals surface area (Å²) in [5, 5.41) is 6.05. The summed E-state index contributed by atoms with van der Waals surface area (Å²) in [5.41, 5.74) is 1.72. The van der Waals surface area contributed by atoms with Crippen molar-refractivity contribution in [2.24, 2.45) is 0 Å². The quantitative estimate of drug-likeness (QED) is 0.454. The van der Waals surface area contributed by atoms with E-state index in [1.807, 2.05) is 54.6 Å². The number of rotatable bonds is 3. The zero-order valence-electron chi connectivity index (χ0n) is 15.1. The molecule has 0 aliphatic rings. The molecule has 0 bridgehead atoms. The predicted octanol–water partition coefficient (Wildman–Crippen LogP) is 4.29. The van der Waals surface area contributed by atoms with Gasteiger partial charge in [-0.25, -0.2) is 4.57 Å². The number of halogens is 1. The summed E-state index contributed by atoms with van der Waals surface area (Å²) < 4.78 is 3.10. The lowest BCUT2D eigenvalue weighted by Gasteiger charge is -2.08. The van der Waals surface area contributed by atoms with Crippen molar-refractivity contribution in [3.63, 3.8) is 0 Å². The van der Waals surface area contributed by atoms with Gasteiger partial charge in [-0.05, 0) is 36.4 Å². The number of aromatic nitrogens is 5. The minimum Gasteiger partial charge on any atom is -0.266 e. The Morgan fingerprint density at radius 1 is 0.862 bits per heavy atom. The lowest BCUT2D eigenvalue weighted by atomic mass is 10.2. The van der Waals surface area contributed by atoms with E-state index in [-0.39, 0.29) is 5.56 Å². The summed E-state index contributed by atoms with van der Waals surface area (Å²) in [6, 6.07) is 22.3. The van der Waals surface area contributed by atoms with Crippen molar-refractivity contribution in [1.29, 1.82) is 0 Å². The van der Waals surface area contributed by atoms with Crippen molar-refractivity contribution in [3.8, 4) is 23.0 Å². The minimum atomic E-state index is -0.259. The highest BCUT2D eigenvalue weighted by Crippen LogP contribution is 2.21. The molecule has 29 heavy (non-hydrogen) atoms. The second-order valence-electron chi connectivity index (χ2n) is 6.42. The standard InChI is InChI=1S/C22H14ClN5O/c23-17-8-10-18(11-9-17)28-22(25-20(26-28)16-5-2-1-3-6-16)27-14-12-15-7-4-13-24-19(15)21(27)29/h1-14H. The number of hydrogen-bond donors (Lipinski definition) is 0. The zero-order valence-corrected chi connectivity index (χ0v) is 15.9. The van der Waals surface area contributed by atoms with Crippen LogP contribution in [0.5, 0.6) is 0 Å². The van der Waals surface area contributed by atoms with Crippen molar-refractivity contribution >= 4 is 22.5 Å². The van der Waals surface area contributed by atoms with Gasteiger partial charge in [-0.2, -0.15) is 9.67 Å². The second-order valence-corrected chi connectivity index (χ2v) is 6.86. The molecule has 6 nitrogen and oxygen atoms in total. The number of hydrogen-bond acceptors (Lipinski definition) is 4. The van der Waals surface area contributed by atoms with Crippen LogP contribution in [0.15, 0.2) is 90.0 Å². The van der Waals surface area contributed by atoms with Crippen LogP contribution in [0.25, 0.3) is 33.9 Å². The summed E-state index contributed by atoms with van der Waals surface area (Å²) in [4.78, 5) is 22.0. The summed E-state index contributed by atoms with van der Waals surface area (Å²) in [7, 11) is 0. The first-order valence-electron chi connectivity index (χ1n) is 8.96. The molecule has 3 aromatic heterocycles. The van der Waals surface area contributed by atoms with E-state index in [1.165, 1.54) is 4.57 Å². The van der Waals surface area contributed by atoms with Gasteiger partial charge in [0.05, 0.1) is 5.69 Å². The highest BCUT2D eigenvalue weighted by Gasteiger charge is 2.17. The van der Waals surface area contributed by atoms with Crippen LogP contribution in [0, 0.1) is 0 Å². The summed E-state index contributed by atoms with van der Waals surface area (Å²) >= 11 is 6.04. The Morgan fingerprint density at radius 3 is 2.45 bits per heavy atom. The zero-order chi connectivity index (χ0) is 19.8. The van der Waals surface area contributed by atoms with E-state index in [1.54, 1.807) is 35.3 Å². The molecule has 0 amide bonds. The van der Waals surface area contributed by atoms with Gasteiger partial charge in [-0.1, -0.05) is 48.0 Å². The van der Waals surface area contributed by atoms with Crippen LogP contribution in [0.1, 0.15) is 0 Å². The molecule has 3 heterocycles. The predicted molar refractivity (Wildman–Crippen MR) is 113 cm³/mol. The largest absolute Gasteiger partial charge is 0.283 e. The lowest BCUT2D eigenvalue weighted by molar-refractivity contribution is 0.798. The van der Waals surface area contributed by atoms with Gasteiger partial charge < -0.3 is 0 Å². The molecule has 0 spiro atoms. The minimum absolute atomic E-state index is 0.259. The van der Waals surface area contributed by atoms with E-state index >= 15 is 0 Å². The fourth-order valence-corrected chi connectivity index (χ4v) is 3.28. The van der Waals surface area contributed by atoms with Crippen LogP contribution >= 0.6 is 11.6 Å². The number of benzene rings is 2. The van der Waals surface area contributed by atoms with Gasteiger partial charge in [0.15, 0.2) is 5.82 Å². The SMILES string of the molecule is O=c1c2ncccc2ccn1-c1nc(-c2ccccc2)nn1-c1ccc(Cl)cc1. The second kappa shape index (κ2) is 7.00. The highest BCUT2D eigenvalue weighted by molar-refractivity contribution is 6.30. The Morgan fingerprint density at radius 2 is 1.66 bits per heavy atom. The number of nitrogens with zero attached hydrogens (tertiary/aromatic N) is 5. The van der Waals surface area contributed by atoms with E-state index in [0.29, 0.717) is 22.3 Å². The van der Waals surface area contributed by atoms with Gasteiger partial charge in [-0.3, -0.25) is 9.78 Å². The molecule has 5 rings (SSSR count). The van der Waals surface area contributed by atoms with Gasteiger partial charge in [0.1, 0.15) is 5.52 Å². The Labute approximate surface area is 170 Å². The first-order valence-corrected chi connectivity index (χ1v) is 9.34. The van der Waals surface area contributed by atoms with Gasteiger partial charge in [0, 0.05) is 28.4 Å². The average molecular weight is 400 g/mol. The first kappa shape index (κ1) is 17.3. The molecule has 0 saturated carbocycles. The van der Waals surface area contributed by atoms with E-state index in [9.17, 15) is 4.79 Å². The Balaban J connectivity index is 1.77. The maximum Gasteiger partial charge on any atom is 0.283 e. The maximum atomic E-state index is 13.1. The van der Waals surface area contributed by atoms with Gasteiger partial charge >= 0.3 is 0 Å². The van der Waals surface area contributed by atoms with Crippen LogP contribution in [0.4, 0.5) is 0 Å². The number of fused-ring (bicyclic) bond motifs is 1. The van der Waals surface area contributed by atoms with Gasteiger partial charge in [-0.15, -0.1) is 5.10 Å². The molecular formula is C22H14ClN5O. The van der Waals surface area contributed by atoms with E-state index in [0.717, 1.165) is 16.6 Å². The summed E-state index contributed by atoms with van der Waals surface area (Å²) in [5.74, 6) is 0.896. The van der Waals surface area contributed by atoms with E-state index in [4.69, 9.17) is 11.6 Å². The molecule has 7 heteroatoms. The Bertz CT molecular complexity index is 1370. The fourth-order valence-electron chi connectivity index (χ4n) is 3.15. The lowest BCUT2D eigenvalue weighted by Crippen LogP contribution is -2.22. The molecule has 2 aromatic carbocycles. The van der Waals surface area contributed by atoms with Crippen molar-refractivity contribution in [2.75, 3.05) is 0 Å². The fraction of sp³-hybridized carbons (Fsp3) is 0. The van der Waals surface area contributed by atoms with Crippen molar-refractivity contribution in [3.05, 3.63) is 101 Å². The van der Waals surface area contributed by atoms with Gasteiger partial charge in [0.25, 0.3) is 5.56 Å². The average Bonchev–Trinajstić information content (AvgIpc) is 3.20. The van der Waals surface area contributed by atoms with Crippen LogP contribution in [0.3, 0.4) is 0 Å². The van der Waals surface area contributed by atoms with E-state index in [2.05, 4.69) is 15.1 Å². The third-order valence-electron chi connectivity index (χ3n) is 4.57. The number of pyridine rings is 2. The molecule has 0 unspecified atom stereocenters. The normalized spacial score (nSPS) is 11.1. The van der Waals surface area contributed by atoms with Gasteiger partial charge in [0.2, 0.25) is 5.95 Å². The molecule has 0 fully saturated rings. The summed E-state index contributed by atoms with van der Waals surface area (Å²) in [6.45, 7) is 0. The molecule has 0 aliphatic heterocycles. The molecule has 0 atom stereocenters. The molecule has 140 valence electrons. The van der Waals surface area contributed by atoms with Crippen LogP contribution in [-0.2, 0) is 0 Å². The topological polar surface area (TPSA) is 65.6 Å². The third kappa shape index (κ3) is 3.09. The highest BCUT2D eigenvalue weighted by atomic mass is 35.5. The first-order chi connectivity index (χ1) is 14.2. The van der Waals surface area contributed by atoms with Crippen molar-refractivity contribution < 1.29 is 0 Å². The van der Waals surface area contributed by atoms with E-state index < -0.39 is 0 Å². The molecule has 5 aromatic rings. The van der Waals surface area contributed by atoms with Crippen molar-refractivity contribution in [2.45, 2.75) is 0 Å². The monoisotopic (exact) mass is 399 g/mol. The molecule has 0 saturated heterocycles. The van der Waals surface area contributed by atoms with Crippen LogP contribution in [-0.4, -0.2) is 24.3 Å². The molecular weight excluding hydrogens is 386 g/mol. The Kier molecular flexibility index (Phi) is 4.18. The molecule has 0 radical (unpaired) electrons.